The minimum atomic E-state index is -1.52. The van der Waals surface area contributed by atoms with Gasteiger partial charge in [0.1, 0.15) is 12.1 Å². The Morgan fingerprint density at radius 1 is 1.00 bits per heavy atom. The van der Waals surface area contributed by atoms with Crippen molar-refractivity contribution in [1.82, 2.24) is 5.32 Å². The van der Waals surface area contributed by atoms with E-state index in [1.54, 1.807) is 0 Å². The Balaban J connectivity index is 4.84. The van der Waals surface area contributed by atoms with Crippen LogP contribution in [0.25, 0.3) is 0 Å². The van der Waals surface area contributed by atoms with Crippen LogP contribution < -0.4 is 5.32 Å². The smallest absolute Gasteiger partial charge is 0.323 e. The highest BCUT2D eigenvalue weighted by atomic mass is 16.5. The fourth-order valence-electron chi connectivity index (χ4n) is 1.24. The van der Waals surface area contributed by atoms with Gasteiger partial charge in [0.25, 0.3) is 0 Å². The lowest BCUT2D eigenvalue weighted by atomic mass is 10.1. The number of carbonyl (C=O) groups is 4. The van der Waals surface area contributed by atoms with Gasteiger partial charge in [-0.1, -0.05) is 0 Å². The maximum Gasteiger partial charge on any atom is 0.323 e. The lowest BCUT2D eigenvalue weighted by molar-refractivity contribution is -0.152. The SMILES string of the molecule is COC(=O)CC(NC(CC(=O)O)C(=O)O)C(=O)OC. The quantitative estimate of drug-likeness (QED) is 0.457. The zero-order valence-corrected chi connectivity index (χ0v) is 10.4. The summed E-state index contributed by atoms with van der Waals surface area (Å²) in [7, 11) is 2.16. The van der Waals surface area contributed by atoms with Crippen LogP contribution >= 0.6 is 0 Å². The number of methoxy groups -OCH3 is 2. The molecule has 0 saturated heterocycles. The third kappa shape index (κ3) is 6.36. The van der Waals surface area contributed by atoms with E-state index < -0.39 is 48.8 Å². The summed E-state index contributed by atoms with van der Waals surface area (Å²) in [4.78, 5) is 43.8. The van der Waals surface area contributed by atoms with Crippen LogP contribution in [0, 0.1) is 0 Å². The van der Waals surface area contributed by atoms with Crippen LogP contribution in [0.1, 0.15) is 12.8 Å². The van der Waals surface area contributed by atoms with Gasteiger partial charge in [-0.25, -0.2) is 0 Å². The standard InChI is InChI=1S/C10H15NO8/c1-18-8(14)4-6(10(17)19-2)11-5(9(15)16)3-7(12)13/h5-6,11H,3-4H2,1-2H3,(H,12,13)(H,15,16). The predicted molar refractivity (Wildman–Crippen MR) is 59.2 cm³/mol. The van der Waals surface area contributed by atoms with Gasteiger partial charge in [0.2, 0.25) is 0 Å². The number of carbonyl (C=O) groups excluding carboxylic acids is 2. The van der Waals surface area contributed by atoms with Gasteiger partial charge in [-0.05, 0) is 0 Å². The molecule has 3 N–H and O–H groups in total. The Morgan fingerprint density at radius 2 is 1.58 bits per heavy atom. The van der Waals surface area contributed by atoms with E-state index in [9.17, 15) is 19.2 Å². The van der Waals surface area contributed by atoms with Crippen LogP contribution in [0.4, 0.5) is 0 Å². The molecule has 0 aromatic heterocycles. The van der Waals surface area contributed by atoms with Crippen molar-refractivity contribution < 1.29 is 38.9 Å². The van der Waals surface area contributed by atoms with Crippen molar-refractivity contribution in [2.24, 2.45) is 0 Å². The van der Waals surface area contributed by atoms with Crippen molar-refractivity contribution in [2.75, 3.05) is 14.2 Å². The fraction of sp³-hybridized carbons (Fsp3) is 0.600. The number of esters is 2. The van der Waals surface area contributed by atoms with Crippen molar-refractivity contribution in [3.05, 3.63) is 0 Å². The maximum atomic E-state index is 11.4. The van der Waals surface area contributed by atoms with Crippen LogP contribution in [0.15, 0.2) is 0 Å². The molecule has 0 amide bonds. The van der Waals surface area contributed by atoms with Gasteiger partial charge in [0, 0.05) is 0 Å². The number of carboxylic acid groups (broad SMARTS) is 2. The molecule has 0 spiro atoms. The van der Waals surface area contributed by atoms with E-state index in [1.807, 2.05) is 0 Å². The van der Waals surface area contributed by atoms with E-state index in [1.165, 1.54) is 0 Å². The number of hydrogen-bond donors (Lipinski definition) is 3. The molecule has 0 rings (SSSR count). The third-order valence-corrected chi connectivity index (χ3v) is 2.16. The molecule has 2 atom stereocenters. The average molecular weight is 277 g/mol. The minimum Gasteiger partial charge on any atom is -0.481 e. The summed E-state index contributed by atoms with van der Waals surface area (Å²) in [6.45, 7) is 0. The summed E-state index contributed by atoms with van der Waals surface area (Å²) in [6.07, 6.45) is -1.21. The van der Waals surface area contributed by atoms with Crippen LogP contribution in [-0.2, 0) is 28.7 Å². The molecular formula is C10H15NO8. The second-order valence-electron chi connectivity index (χ2n) is 3.51. The number of ether oxygens (including phenoxy) is 2. The molecular weight excluding hydrogens is 262 g/mol. The van der Waals surface area contributed by atoms with E-state index in [0.29, 0.717) is 0 Å². The molecule has 0 aromatic rings. The fourth-order valence-corrected chi connectivity index (χ4v) is 1.24. The highest BCUT2D eigenvalue weighted by Gasteiger charge is 2.30. The van der Waals surface area contributed by atoms with Gasteiger partial charge in [0.05, 0.1) is 27.1 Å². The molecule has 0 aliphatic carbocycles. The second kappa shape index (κ2) is 8.03. The Morgan fingerprint density at radius 3 is 1.95 bits per heavy atom. The first-order valence-corrected chi connectivity index (χ1v) is 5.17. The summed E-state index contributed by atoms with van der Waals surface area (Å²) in [5.41, 5.74) is 0. The number of hydrogen-bond acceptors (Lipinski definition) is 7. The van der Waals surface area contributed by atoms with Crippen molar-refractivity contribution in [3.63, 3.8) is 0 Å². The molecule has 0 fully saturated rings. The predicted octanol–water partition coefficient (Wildman–Crippen LogP) is -1.39. The molecule has 108 valence electrons. The van der Waals surface area contributed by atoms with Crippen LogP contribution in [0.5, 0.6) is 0 Å². The largest absolute Gasteiger partial charge is 0.481 e. The Hall–Kier alpha value is -2.16. The first-order chi connectivity index (χ1) is 8.81. The molecule has 0 aliphatic heterocycles. The van der Waals surface area contributed by atoms with Crippen molar-refractivity contribution in [1.29, 1.82) is 0 Å². The molecule has 0 bridgehead atoms. The summed E-state index contributed by atoms with van der Waals surface area (Å²) >= 11 is 0. The normalized spacial score (nSPS) is 13.2. The average Bonchev–Trinajstić information content (AvgIpc) is 2.34. The van der Waals surface area contributed by atoms with E-state index >= 15 is 0 Å². The minimum absolute atomic E-state index is 0.466. The van der Waals surface area contributed by atoms with E-state index in [-0.39, 0.29) is 0 Å². The van der Waals surface area contributed by atoms with Gasteiger partial charge in [-0.3, -0.25) is 24.5 Å². The molecule has 2 unspecified atom stereocenters. The van der Waals surface area contributed by atoms with Crippen LogP contribution in [0.3, 0.4) is 0 Å². The van der Waals surface area contributed by atoms with Crippen molar-refractivity contribution in [3.8, 4) is 0 Å². The topological polar surface area (TPSA) is 139 Å². The molecule has 0 aromatic carbocycles. The van der Waals surface area contributed by atoms with Crippen molar-refractivity contribution in [2.45, 2.75) is 24.9 Å². The molecule has 19 heavy (non-hydrogen) atoms. The zero-order valence-electron chi connectivity index (χ0n) is 10.4. The molecule has 0 radical (unpaired) electrons. The Kier molecular flexibility index (Phi) is 7.12. The van der Waals surface area contributed by atoms with E-state index in [2.05, 4.69) is 14.8 Å². The monoisotopic (exact) mass is 277 g/mol. The molecule has 9 nitrogen and oxygen atoms in total. The van der Waals surface area contributed by atoms with Gasteiger partial charge in [-0.15, -0.1) is 0 Å². The lowest BCUT2D eigenvalue weighted by Gasteiger charge is -2.19. The maximum absolute atomic E-state index is 11.4. The number of aliphatic carboxylic acids is 2. The molecule has 0 aliphatic rings. The Labute approximate surface area is 108 Å². The number of carboxylic acids is 2. The molecule has 0 heterocycles. The summed E-state index contributed by atoms with van der Waals surface area (Å²) in [5.74, 6) is -4.47. The Bertz CT molecular complexity index is 367. The van der Waals surface area contributed by atoms with Gasteiger partial charge >= 0.3 is 23.9 Å². The van der Waals surface area contributed by atoms with E-state index in [0.717, 1.165) is 14.2 Å². The van der Waals surface area contributed by atoms with Gasteiger partial charge in [-0.2, -0.15) is 0 Å². The van der Waals surface area contributed by atoms with Gasteiger partial charge in [0.15, 0.2) is 0 Å². The van der Waals surface area contributed by atoms with Crippen LogP contribution in [-0.4, -0.2) is 60.4 Å². The van der Waals surface area contributed by atoms with Crippen LogP contribution in [0.2, 0.25) is 0 Å². The summed E-state index contributed by atoms with van der Waals surface area (Å²) < 4.78 is 8.74. The number of nitrogens with one attached hydrogen (secondary N) is 1. The number of rotatable bonds is 8. The summed E-state index contributed by atoms with van der Waals surface area (Å²) in [6, 6.07) is -2.82. The third-order valence-electron chi connectivity index (χ3n) is 2.16. The summed E-state index contributed by atoms with van der Waals surface area (Å²) in [5, 5.41) is 19.6. The highest BCUT2D eigenvalue weighted by molar-refractivity contribution is 5.85. The molecule has 9 heteroatoms. The highest BCUT2D eigenvalue weighted by Crippen LogP contribution is 2.02. The first kappa shape index (κ1) is 16.8. The zero-order chi connectivity index (χ0) is 15.0. The van der Waals surface area contributed by atoms with Gasteiger partial charge < -0.3 is 19.7 Å². The lowest BCUT2D eigenvalue weighted by Crippen LogP contribution is -2.49. The first-order valence-electron chi connectivity index (χ1n) is 5.17. The molecule has 0 saturated carbocycles. The van der Waals surface area contributed by atoms with E-state index in [4.69, 9.17) is 10.2 Å². The second-order valence-corrected chi connectivity index (χ2v) is 3.51. The van der Waals surface area contributed by atoms with Crippen molar-refractivity contribution >= 4 is 23.9 Å².